The number of aromatic nitrogens is 2. The van der Waals surface area contributed by atoms with Crippen LogP contribution in [0.4, 0.5) is 0 Å². The van der Waals surface area contributed by atoms with Crippen molar-refractivity contribution in [1.29, 1.82) is 0 Å². The highest BCUT2D eigenvalue weighted by molar-refractivity contribution is 5.21. The molecule has 0 spiro atoms. The summed E-state index contributed by atoms with van der Waals surface area (Å²) in [4.78, 5) is 0. The van der Waals surface area contributed by atoms with Crippen molar-refractivity contribution in [1.82, 2.24) is 15.1 Å². The van der Waals surface area contributed by atoms with Crippen molar-refractivity contribution in [3.8, 4) is 0 Å². The smallest absolute Gasteiger partial charge is 0.112 e. The molecule has 0 aromatic carbocycles. The zero-order valence-corrected chi connectivity index (χ0v) is 7.44. The second kappa shape index (κ2) is 3.72. The molecule has 0 saturated carbocycles. The van der Waals surface area contributed by atoms with Crippen LogP contribution in [-0.4, -0.2) is 29.5 Å². The lowest BCUT2D eigenvalue weighted by Gasteiger charge is -2.23. The summed E-state index contributed by atoms with van der Waals surface area (Å²) in [6.07, 6.45) is 3.55. The molecule has 1 aliphatic rings. The predicted octanol–water partition coefficient (Wildman–Crippen LogP) is 0.644. The molecule has 1 aromatic heterocycles. The summed E-state index contributed by atoms with van der Waals surface area (Å²) >= 11 is 0. The summed E-state index contributed by atoms with van der Waals surface area (Å²) in [5.41, 5.74) is 1.06. The average Bonchev–Trinajstić information content (AvgIpc) is 2.67. The third-order valence-electron chi connectivity index (χ3n) is 2.13. The molecular weight excluding hydrogens is 166 g/mol. The van der Waals surface area contributed by atoms with Crippen LogP contribution in [-0.2, 0) is 4.74 Å². The van der Waals surface area contributed by atoms with Crippen LogP contribution in [0.1, 0.15) is 11.8 Å². The normalized spacial score (nSPS) is 22.9. The molecule has 1 unspecified atom stereocenters. The maximum absolute atomic E-state index is 5.59. The van der Waals surface area contributed by atoms with Crippen molar-refractivity contribution in [3.05, 3.63) is 24.5 Å². The van der Waals surface area contributed by atoms with Gasteiger partial charge in [-0.2, -0.15) is 5.10 Å². The van der Waals surface area contributed by atoms with E-state index in [4.69, 9.17) is 4.74 Å². The molecule has 1 saturated heterocycles. The van der Waals surface area contributed by atoms with Gasteiger partial charge in [0, 0.05) is 25.5 Å². The van der Waals surface area contributed by atoms with E-state index in [1.165, 1.54) is 0 Å². The monoisotopic (exact) mass is 179 g/mol. The molecule has 1 N–H and O–H groups in total. The van der Waals surface area contributed by atoms with Gasteiger partial charge in [-0.15, -0.1) is 0 Å². The van der Waals surface area contributed by atoms with Gasteiger partial charge in [0.1, 0.15) is 6.10 Å². The molecule has 1 aromatic rings. The summed E-state index contributed by atoms with van der Waals surface area (Å²) in [7, 11) is 0. The molecule has 2 rings (SSSR count). The third-order valence-corrected chi connectivity index (χ3v) is 2.13. The van der Waals surface area contributed by atoms with Gasteiger partial charge in [-0.3, -0.25) is 0 Å². The van der Waals surface area contributed by atoms with Crippen molar-refractivity contribution < 1.29 is 4.74 Å². The minimum Gasteiger partial charge on any atom is -0.369 e. The average molecular weight is 179 g/mol. The lowest BCUT2D eigenvalue weighted by atomic mass is 10.2. The van der Waals surface area contributed by atoms with Crippen LogP contribution < -0.4 is 5.32 Å². The summed E-state index contributed by atoms with van der Waals surface area (Å²) < 4.78 is 7.34. The Bertz CT molecular complexity index is 289. The van der Waals surface area contributed by atoms with Crippen LogP contribution in [0.5, 0.6) is 0 Å². The van der Waals surface area contributed by atoms with Gasteiger partial charge >= 0.3 is 0 Å². The summed E-state index contributed by atoms with van der Waals surface area (Å²) in [6.45, 7) is 6.22. The van der Waals surface area contributed by atoms with Gasteiger partial charge in [-0.25, -0.2) is 4.68 Å². The zero-order chi connectivity index (χ0) is 9.10. The first-order valence-corrected chi connectivity index (χ1v) is 4.40. The van der Waals surface area contributed by atoms with Crippen molar-refractivity contribution in [2.75, 3.05) is 19.7 Å². The van der Waals surface area contributed by atoms with E-state index in [2.05, 4.69) is 17.0 Å². The molecule has 2 heterocycles. The summed E-state index contributed by atoms with van der Waals surface area (Å²) in [6, 6.07) is 1.96. The number of morpholine rings is 1. The van der Waals surface area contributed by atoms with Gasteiger partial charge in [-0.1, -0.05) is 6.58 Å². The Morgan fingerprint density at radius 1 is 1.77 bits per heavy atom. The topological polar surface area (TPSA) is 39.1 Å². The minimum absolute atomic E-state index is 0.106. The van der Waals surface area contributed by atoms with Crippen LogP contribution in [0.2, 0.25) is 0 Å². The van der Waals surface area contributed by atoms with Crippen molar-refractivity contribution >= 4 is 6.20 Å². The molecule has 13 heavy (non-hydrogen) atoms. The first-order valence-electron chi connectivity index (χ1n) is 4.40. The highest BCUT2D eigenvalue weighted by Crippen LogP contribution is 2.17. The maximum Gasteiger partial charge on any atom is 0.112 e. The van der Waals surface area contributed by atoms with Crippen LogP contribution in [0, 0.1) is 0 Å². The zero-order valence-electron chi connectivity index (χ0n) is 7.44. The van der Waals surface area contributed by atoms with E-state index in [0.717, 1.165) is 25.4 Å². The third kappa shape index (κ3) is 1.64. The highest BCUT2D eigenvalue weighted by atomic mass is 16.5. The number of ether oxygens (including phenoxy) is 1. The fourth-order valence-electron chi connectivity index (χ4n) is 1.49. The van der Waals surface area contributed by atoms with Crippen LogP contribution in [0.3, 0.4) is 0 Å². The van der Waals surface area contributed by atoms with E-state index >= 15 is 0 Å². The fourth-order valence-corrected chi connectivity index (χ4v) is 1.49. The van der Waals surface area contributed by atoms with Crippen molar-refractivity contribution in [3.63, 3.8) is 0 Å². The predicted molar refractivity (Wildman–Crippen MR) is 50.2 cm³/mol. The van der Waals surface area contributed by atoms with E-state index < -0.39 is 0 Å². The first kappa shape index (κ1) is 8.47. The number of nitrogens with zero attached hydrogens (tertiary/aromatic N) is 2. The van der Waals surface area contributed by atoms with E-state index in [1.807, 2.05) is 6.07 Å². The Labute approximate surface area is 77.2 Å². The Morgan fingerprint density at radius 3 is 3.38 bits per heavy atom. The molecule has 4 heteroatoms. The van der Waals surface area contributed by atoms with Gasteiger partial charge in [0.2, 0.25) is 0 Å². The molecule has 1 atom stereocenters. The van der Waals surface area contributed by atoms with Gasteiger partial charge in [0.25, 0.3) is 0 Å². The first-order chi connectivity index (χ1) is 6.42. The van der Waals surface area contributed by atoms with E-state index in [1.54, 1.807) is 17.1 Å². The number of hydrogen-bond acceptors (Lipinski definition) is 3. The lowest BCUT2D eigenvalue weighted by Crippen LogP contribution is -2.34. The van der Waals surface area contributed by atoms with Crippen LogP contribution >= 0.6 is 0 Å². The molecule has 0 bridgehead atoms. The molecule has 0 amide bonds. The van der Waals surface area contributed by atoms with Crippen LogP contribution in [0.25, 0.3) is 6.20 Å². The van der Waals surface area contributed by atoms with Gasteiger partial charge < -0.3 is 10.1 Å². The fraction of sp³-hybridized carbons (Fsp3) is 0.444. The molecule has 0 aliphatic carbocycles. The summed E-state index contributed by atoms with van der Waals surface area (Å²) in [5, 5.41) is 7.37. The largest absolute Gasteiger partial charge is 0.369 e. The molecular formula is C9H13N3O. The Hall–Kier alpha value is -1.13. The summed E-state index contributed by atoms with van der Waals surface area (Å²) in [5.74, 6) is 0. The van der Waals surface area contributed by atoms with E-state index in [0.29, 0.717) is 0 Å². The van der Waals surface area contributed by atoms with Crippen molar-refractivity contribution in [2.45, 2.75) is 6.10 Å². The Morgan fingerprint density at radius 2 is 2.69 bits per heavy atom. The van der Waals surface area contributed by atoms with Gasteiger partial charge in [-0.05, 0) is 6.07 Å². The molecule has 1 fully saturated rings. The Kier molecular flexibility index (Phi) is 2.42. The standard InChI is InChI=1S/C9H13N3O/c1-2-12-8(3-4-11-12)9-7-10-5-6-13-9/h2-4,9-10H,1,5-7H2. The van der Waals surface area contributed by atoms with Gasteiger partial charge in [0.05, 0.1) is 12.3 Å². The minimum atomic E-state index is 0.106. The molecule has 0 radical (unpaired) electrons. The van der Waals surface area contributed by atoms with Crippen molar-refractivity contribution in [2.24, 2.45) is 0 Å². The number of rotatable bonds is 2. The SMILES string of the molecule is C=Cn1nccc1C1CNCCO1. The van der Waals surface area contributed by atoms with Crippen LogP contribution in [0.15, 0.2) is 18.8 Å². The number of hydrogen-bond donors (Lipinski definition) is 1. The number of nitrogens with one attached hydrogen (secondary N) is 1. The highest BCUT2D eigenvalue weighted by Gasteiger charge is 2.18. The lowest BCUT2D eigenvalue weighted by molar-refractivity contribution is 0.0238. The Balaban J connectivity index is 2.17. The molecule has 70 valence electrons. The quantitative estimate of drug-likeness (QED) is 0.724. The molecule has 4 nitrogen and oxygen atoms in total. The second-order valence-electron chi connectivity index (χ2n) is 2.95. The van der Waals surface area contributed by atoms with E-state index in [9.17, 15) is 0 Å². The second-order valence-corrected chi connectivity index (χ2v) is 2.95. The van der Waals surface area contributed by atoms with E-state index in [-0.39, 0.29) is 6.10 Å². The molecule has 1 aliphatic heterocycles. The maximum atomic E-state index is 5.59. The van der Waals surface area contributed by atoms with Gasteiger partial charge in [0.15, 0.2) is 0 Å².